The molecule has 0 heterocycles. The molecule has 0 aliphatic heterocycles. The highest BCUT2D eigenvalue weighted by Crippen LogP contribution is 2.42. The molecule has 198 valence electrons. The second-order valence-electron chi connectivity index (χ2n) is 11.3. The Bertz CT molecular complexity index is 761. The van der Waals surface area contributed by atoms with Crippen LogP contribution in [-0.4, -0.2) is 5.97 Å². The Morgan fingerprint density at radius 3 is 2.03 bits per heavy atom. The Morgan fingerprint density at radius 2 is 1.37 bits per heavy atom. The van der Waals surface area contributed by atoms with Crippen LogP contribution in [0.15, 0.2) is 12.1 Å². The second-order valence-corrected chi connectivity index (χ2v) is 11.3. The number of ether oxygens (including phenoxy) is 1. The van der Waals surface area contributed by atoms with Crippen molar-refractivity contribution in [3.63, 3.8) is 0 Å². The van der Waals surface area contributed by atoms with E-state index < -0.39 is 17.6 Å². The molecular formula is C31H48F2O2. The molecule has 0 aromatic heterocycles. The van der Waals surface area contributed by atoms with Crippen LogP contribution in [0.4, 0.5) is 8.78 Å². The number of carbonyl (C=O) groups is 1. The quantitative estimate of drug-likeness (QED) is 0.156. The topological polar surface area (TPSA) is 26.3 Å². The first kappa shape index (κ1) is 28.1. The van der Waals surface area contributed by atoms with Crippen molar-refractivity contribution in [3.8, 4) is 5.75 Å². The number of halogens is 2. The predicted molar refractivity (Wildman–Crippen MR) is 139 cm³/mol. The second kappa shape index (κ2) is 15.0. The average Bonchev–Trinajstić information content (AvgIpc) is 2.88. The number of aryl methyl sites for hydroxylation is 1. The van der Waals surface area contributed by atoms with Gasteiger partial charge in [-0.2, -0.15) is 4.39 Å². The van der Waals surface area contributed by atoms with Crippen molar-refractivity contribution >= 4 is 5.97 Å². The number of benzene rings is 1. The number of hydrogen-bond acceptors (Lipinski definition) is 2. The number of rotatable bonds is 13. The van der Waals surface area contributed by atoms with Crippen LogP contribution < -0.4 is 4.74 Å². The maximum Gasteiger partial charge on any atom is 0.314 e. The van der Waals surface area contributed by atoms with Crippen molar-refractivity contribution in [3.05, 3.63) is 29.3 Å². The first-order valence-corrected chi connectivity index (χ1v) is 14.7. The van der Waals surface area contributed by atoms with Crippen LogP contribution >= 0.6 is 0 Å². The number of hydrogen-bond donors (Lipinski definition) is 0. The fourth-order valence-corrected chi connectivity index (χ4v) is 6.41. The fourth-order valence-electron chi connectivity index (χ4n) is 6.41. The molecule has 0 saturated heterocycles. The van der Waals surface area contributed by atoms with Gasteiger partial charge in [0.15, 0.2) is 11.6 Å². The zero-order valence-corrected chi connectivity index (χ0v) is 22.3. The summed E-state index contributed by atoms with van der Waals surface area (Å²) in [5.74, 6) is -0.315. The van der Waals surface area contributed by atoms with Gasteiger partial charge in [-0.15, -0.1) is 0 Å². The Hall–Kier alpha value is -1.45. The van der Waals surface area contributed by atoms with Gasteiger partial charge in [-0.05, 0) is 80.8 Å². The van der Waals surface area contributed by atoms with E-state index in [0.29, 0.717) is 17.9 Å². The van der Waals surface area contributed by atoms with E-state index >= 15 is 0 Å². The van der Waals surface area contributed by atoms with E-state index in [9.17, 15) is 13.6 Å². The van der Waals surface area contributed by atoms with Crippen LogP contribution in [0.2, 0.25) is 0 Å². The van der Waals surface area contributed by atoms with Gasteiger partial charge in [0.1, 0.15) is 0 Å². The molecule has 1 aromatic rings. The molecule has 2 nitrogen and oxygen atoms in total. The van der Waals surface area contributed by atoms with E-state index in [0.717, 1.165) is 56.8 Å². The van der Waals surface area contributed by atoms with Crippen LogP contribution in [-0.2, 0) is 11.2 Å². The summed E-state index contributed by atoms with van der Waals surface area (Å²) in [4.78, 5) is 12.7. The van der Waals surface area contributed by atoms with E-state index in [1.165, 1.54) is 70.3 Å². The molecule has 2 fully saturated rings. The Labute approximate surface area is 212 Å². The molecule has 2 aliphatic rings. The van der Waals surface area contributed by atoms with Gasteiger partial charge in [0.2, 0.25) is 5.82 Å². The van der Waals surface area contributed by atoms with E-state index in [1.54, 1.807) is 6.07 Å². The lowest BCUT2D eigenvalue weighted by Gasteiger charge is -2.37. The lowest BCUT2D eigenvalue weighted by Crippen LogP contribution is -2.30. The molecule has 0 amide bonds. The summed E-state index contributed by atoms with van der Waals surface area (Å²) in [6, 6.07) is 2.99. The summed E-state index contributed by atoms with van der Waals surface area (Å²) >= 11 is 0. The number of esters is 1. The van der Waals surface area contributed by atoms with Crippen LogP contribution in [0.1, 0.15) is 129 Å². The monoisotopic (exact) mass is 490 g/mol. The van der Waals surface area contributed by atoms with E-state index in [-0.39, 0.29) is 11.7 Å². The summed E-state index contributed by atoms with van der Waals surface area (Å²) in [6.45, 7) is 4.35. The molecule has 35 heavy (non-hydrogen) atoms. The molecule has 0 atom stereocenters. The van der Waals surface area contributed by atoms with Gasteiger partial charge in [0, 0.05) is 0 Å². The summed E-state index contributed by atoms with van der Waals surface area (Å²) in [5.41, 5.74) is 0.363. The lowest BCUT2D eigenvalue weighted by atomic mass is 9.68. The maximum absolute atomic E-state index is 14.5. The minimum absolute atomic E-state index is 0.197. The highest BCUT2D eigenvalue weighted by atomic mass is 19.2. The van der Waals surface area contributed by atoms with Gasteiger partial charge in [-0.25, -0.2) is 4.39 Å². The van der Waals surface area contributed by atoms with Crippen LogP contribution in [0, 0.1) is 35.3 Å². The van der Waals surface area contributed by atoms with Gasteiger partial charge in [0.25, 0.3) is 0 Å². The summed E-state index contributed by atoms with van der Waals surface area (Å²) in [7, 11) is 0. The van der Waals surface area contributed by atoms with Crippen LogP contribution in [0.5, 0.6) is 5.75 Å². The molecular weight excluding hydrogens is 442 g/mol. The van der Waals surface area contributed by atoms with Crippen molar-refractivity contribution in [2.45, 2.75) is 129 Å². The minimum Gasteiger partial charge on any atom is -0.423 e. The van der Waals surface area contributed by atoms with Gasteiger partial charge < -0.3 is 4.74 Å². The van der Waals surface area contributed by atoms with Crippen LogP contribution in [0.3, 0.4) is 0 Å². The smallest absolute Gasteiger partial charge is 0.314 e. The zero-order valence-electron chi connectivity index (χ0n) is 22.3. The zero-order chi connectivity index (χ0) is 25.0. The lowest BCUT2D eigenvalue weighted by molar-refractivity contribution is -0.140. The molecule has 0 bridgehead atoms. The van der Waals surface area contributed by atoms with Crippen molar-refractivity contribution in [1.82, 2.24) is 0 Å². The molecule has 0 N–H and O–H groups in total. The summed E-state index contributed by atoms with van der Waals surface area (Å²) in [6.07, 6.45) is 20.8. The first-order chi connectivity index (χ1) is 17.0. The largest absolute Gasteiger partial charge is 0.423 e. The molecule has 0 unspecified atom stereocenters. The first-order valence-electron chi connectivity index (χ1n) is 14.7. The van der Waals surface area contributed by atoms with Gasteiger partial charge in [-0.3, -0.25) is 4.79 Å². The predicted octanol–water partition coefficient (Wildman–Crippen LogP) is 9.58. The third kappa shape index (κ3) is 8.57. The number of unbranched alkanes of at least 4 members (excludes halogenated alkanes) is 6. The Morgan fingerprint density at radius 1 is 0.771 bits per heavy atom. The van der Waals surface area contributed by atoms with Crippen molar-refractivity contribution < 1.29 is 18.3 Å². The summed E-state index contributed by atoms with van der Waals surface area (Å²) < 4.78 is 34.3. The van der Waals surface area contributed by atoms with Crippen molar-refractivity contribution in [2.75, 3.05) is 0 Å². The van der Waals surface area contributed by atoms with Crippen LogP contribution in [0.25, 0.3) is 0 Å². The van der Waals surface area contributed by atoms with Gasteiger partial charge >= 0.3 is 5.97 Å². The molecule has 3 rings (SSSR count). The molecule has 2 saturated carbocycles. The van der Waals surface area contributed by atoms with E-state index in [1.807, 2.05) is 0 Å². The van der Waals surface area contributed by atoms with Crippen molar-refractivity contribution in [2.24, 2.45) is 23.7 Å². The molecule has 4 heteroatoms. The van der Waals surface area contributed by atoms with E-state index in [2.05, 4.69) is 13.8 Å². The molecule has 0 radical (unpaired) electrons. The Kier molecular flexibility index (Phi) is 12.0. The highest BCUT2D eigenvalue weighted by molar-refractivity contribution is 5.75. The molecule has 1 aromatic carbocycles. The summed E-state index contributed by atoms with van der Waals surface area (Å²) in [5, 5.41) is 0. The van der Waals surface area contributed by atoms with Gasteiger partial charge in [0.05, 0.1) is 5.92 Å². The standard InChI is InChI=1S/C31H48F2O2/c1-3-5-7-8-10-11-23-13-15-24(16-14-23)25-17-19-27(20-18-25)31(34)35-28-22-21-26(12-9-6-4-2)29(32)30(28)33/h21-25,27H,3-20H2,1-2H3. The fraction of sp³-hybridized carbons (Fsp3) is 0.774. The third-order valence-corrected chi connectivity index (χ3v) is 8.77. The Balaban J connectivity index is 1.38. The molecule has 0 spiro atoms. The van der Waals surface area contributed by atoms with E-state index in [4.69, 9.17) is 4.74 Å². The number of carbonyl (C=O) groups excluding carboxylic acids is 1. The highest BCUT2D eigenvalue weighted by Gasteiger charge is 2.34. The molecule has 2 aliphatic carbocycles. The van der Waals surface area contributed by atoms with Gasteiger partial charge in [-0.1, -0.05) is 84.1 Å². The third-order valence-electron chi connectivity index (χ3n) is 8.77. The van der Waals surface area contributed by atoms with Crippen molar-refractivity contribution in [1.29, 1.82) is 0 Å². The SMILES string of the molecule is CCCCCCCC1CCC(C2CCC(C(=O)Oc3ccc(CCCCC)c(F)c3F)CC2)CC1. The average molecular weight is 491 g/mol. The minimum atomic E-state index is -1.02. The normalized spacial score (nSPS) is 24.9. The maximum atomic E-state index is 14.5.